The fourth-order valence-corrected chi connectivity index (χ4v) is 2.02. The van der Waals surface area contributed by atoms with Crippen molar-refractivity contribution in [3.63, 3.8) is 0 Å². The summed E-state index contributed by atoms with van der Waals surface area (Å²) in [5.41, 5.74) is 2.59. The van der Waals surface area contributed by atoms with Crippen molar-refractivity contribution in [3.8, 4) is 11.6 Å². The molecule has 0 aliphatic heterocycles. The predicted molar refractivity (Wildman–Crippen MR) is 85.7 cm³/mol. The molecule has 6 heteroatoms. The lowest BCUT2D eigenvalue weighted by atomic mass is 10.2. The van der Waals surface area contributed by atoms with Gasteiger partial charge in [-0.05, 0) is 30.3 Å². The molecule has 1 N–H and O–H groups in total. The molecule has 0 radical (unpaired) electrons. The molecule has 0 aliphatic rings. The number of aromatic nitrogens is 2. The van der Waals surface area contributed by atoms with E-state index in [0.29, 0.717) is 33.4 Å². The zero-order valence-corrected chi connectivity index (χ0v) is 12.9. The van der Waals surface area contributed by atoms with Gasteiger partial charge in [-0.15, -0.1) is 0 Å². The Morgan fingerprint density at radius 2 is 2.09 bits per heavy atom. The van der Waals surface area contributed by atoms with Gasteiger partial charge < -0.3 is 9.73 Å². The van der Waals surface area contributed by atoms with Gasteiger partial charge >= 0.3 is 0 Å². The van der Waals surface area contributed by atoms with Crippen LogP contribution in [0.2, 0.25) is 5.02 Å². The number of amides is 1. The van der Waals surface area contributed by atoms with E-state index in [9.17, 15) is 4.79 Å². The van der Waals surface area contributed by atoms with E-state index in [4.69, 9.17) is 16.0 Å². The van der Waals surface area contributed by atoms with E-state index in [1.54, 1.807) is 36.5 Å². The van der Waals surface area contributed by atoms with Gasteiger partial charge in [-0.2, -0.15) is 0 Å². The summed E-state index contributed by atoms with van der Waals surface area (Å²) in [6.45, 7) is 3.68. The lowest BCUT2D eigenvalue weighted by Gasteiger charge is -2.06. The Balaban J connectivity index is 1.93. The highest BCUT2D eigenvalue weighted by Gasteiger charge is 2.12. The average Bonchev–Trinajstić information content (AvgIpc) is 2.91. The minimum absolute atomic E-state index is 0.0394. The minimum atomic E-state index is -0.0816. The summed E-state index contributed by atoms with van der Waals surface area (Å²) >= 11 is 5.82. The molecular formula is C16H14ClN3O2. The lowest BCUT2D eigenvalue weighted by molar-refractivity contribution is -0.118. The van der Waals surface area contributed by atoms with Crippen molar-refractivity contribution in [3.05, 3.63) is 41.6 Å². The monoisotopic (exact) mass is 315 g/mol. The summed E-state index contributed by atoms with van der Waals surface area (Å²) in [4.78, 5) is 20.3. The summed E-state index contributed by atoms with van der Waals surface area (Å²) in [5.74, 6) is 0.295. The predicted octanol–water partition coefficient (Wildman–Crippen LogP) is 4.14. The van der Waals surface area contributed by atoms with Gasteiger partial charge in [0.15, 0.2) is 5.58 Å². The van der Waals surface area contributed by atoms with Gasteiger partial charge in [-0.25, -0.2) is 9.97 Å². The van der Waals surface area contributed by atoms with E-state index < -0.39 is 0 Å². The number of halogens is 1. The van der Waals surface area contributed by atoms with Crippen LogP contribution in [0.3, 0.4) is 0 Å². The highest BCUT2D eigenvalue weighted by molar-refractivity contribution is 6.30. The number of hydrogen-bond donors (Lipinski definition) is 1. The van der Waals surface area contributed by atoms with Crippen LogP contribution in [0.1, 0.15) is 13.8 Å². The third kappa shape index (κ3) is 2.94. The zero-order chi connectivity index (χ0) is 15.7. The first kappa shape index (κ1) is 14.5. The maximum Gasteiger partial charge on any atom is 0.246 e. The van der Waals surface area contributed by atoms with Crippen LogP contribution in [-0.2, 0) is 4.79 Å². The van der Waals surface area contributed by atoms with E-state index in [0.717, 1.165) is 0 Å². The van der Waals surface area contributed by atoms with Crippen molar-refractivity contribution in [2.75, 3.05) is 5.32 Å². The van der Waals surface area contributed by atoms with Crippen molar-refractivity contribution in [1.82, 2.24) is 9.97 Å². The molecule has 0 aliphatic carbocycles. The summed E-state index contributed by atoms with van der Waals surface area (Å²) in [6, 6.07) is 8.81. The summed E-state index contributed by atoms with van der Waals surface area (Å²) in [7, 11) is 0. The highest BCUT2D eigenvalue weighted by atomic mass is 35.5. The van der Waals surface area contributed by atoms with Crippen LogP contribution in [-0.4, -0.2) is 15.9 Å². The topological polar surface area (TPSA) is 68.0 Å². The molecule has 3 aromatic rings. The number of nitrogens with zero attached hydrogens (tertiary/aromatic N) is 2. The maximum absolute atomic E-state index is 11.7. The number of nitrogens with one attached hydrogen (secondary N) is 1. The first-order chi connectivity index (χ1) is 10.5. The molecular weight excluding hydrogens is 302 g/mol. The van der Waals surface area contributed by atoms with Gasteiger partial charge in [0.2, 0.25) is 11.8 Å². The molecule has 0 spiro atoms. The number of benzene rings is 1. The molecule has 0 bridgehead atoms. The molecule has 2 aromatic heterocycles. The number of pyridine rings is 1. The second-order valence-electron chi connectivity index (χ2n) is 5.21. The molecule has 1 amide bonds. The number of rotatable bonds is 3. The van der Waals surface area contributed by atoms with E-state index in [1.165, 1.54) is 0 Å². The zero-order valence-electron chi connectivity index (χ0n) is 12.1. The Morgan fingerprint density at radius 1 is 1.27 bits per heavy atom. The number of hydrogen-bond acceptors (Lipinski definition) is 4. The molecule has 0 saturated heterocycles. The fourth-order valence-electron chi connectivity index (χ4n) is 1.90. The molecule has 0 saturated carbocycles. The second-order valence-corrected chi connectivity index (χ2v) is 5.64. The quantitative estimate of drug-likeness (QED) is 0.788. The number of fused-ring (bicyclic) bond motifs is 1. The number of anilines is 1. The summed E-state index contributed by atoms with van der Waals surface area (Å²) < 4.78 is 5.67. The third-order valence-corrected chi connectivity index (χ3v) is 3.35. The highest BCUT2D eigenvalue weighted by Crippen LogP contribution is 2.25. The third-order valence-electron chi connectivity index (χ3n) is 3.13. The van der Waals surface area contributed by atoms with Gasteiger partial charge in [0.25, 0.3) is 0 Å². The van der Waals surface area contributed by atoms with E-state index in [-0.39, 0.29) is 11.8 Å². The molecule has 0 unspecified atom stereocenters. The number of oxazole rings is 1. The number of carbonyl (C=O) groups is 1. The lowest BCUT2D eigenvalue weighted by Crippen LogP contribution is -2.17. The molecule has 112 valence electrons. The Bertz CT molecular complexity index is 825. The SMILES string of the molecule is CC(C)C(=O)Nc1ccc2oc(-c3ccc(Cl)cn3)nc2c1. The van der Waals surface area contributed by atoms with Crippen LogP contribution < -0.4 is 5.32 Å². The maximum atomic E-state index is 11.7. The van der Waals surface area contributed by atoms with Crippen molar-refractivity contribution >= 4 is 34.3 Å². The molecule has 1 aromatic carbocycles. The van der Waals surface area contributed by atoms with E-state index in [1.807, 2.05) is 13.8 Å². The first-order valence-corrected chi connectivity index (χ1v) is 7.24. The van der Waals surface area contributed by atoms with E-state index in [2.05, 4.69) is 15.3 Å². The van der Waals surface area contributed by atoms with Crippen LogP contribution in [0.5, 0.6) is 0 Å². The van der Waals surface area contributed by atoms with Gasteiger partial charge in [0, 0.05) is 17.8 Å². The molecule has 2 heterocycles. The molecule has 0 atom stereocenters. The van der Waals surface area contributed by atoms with Crippen LogP contribution in [0.25, 0.3) is 22.7 Å². The minimum Gasteiger partial charge on any atom is -0.435 e. The Kier molecular flexibility index (Phi) is 3.81. The molecule has 22 heavy (non-hydrogen) atoms. The van der Waals surface area contributed by atoms with Crippen molar-refractivity contribution in [2.24, 2.45) is 5.92 Å². The molecule has 0 fully saturated rings. The second kappa shape index (κ2) is 5.77. The van der Waals surface area contributed by atoms with Crippen molar-refractivity contribution in [1.29, 1.82) is 0 Å². The molecule has 3 rings (SSSR count). The first-order valence-electron chi connectivity index (χ1n) is 6.86. The molecule has 5 nitrogen and oxygen atoms in total. The van der Waals surface area contributed by atoms with Gasteiger partial charge in [-0.3, -0.25) is 4.79 Å². The smallest absolute Gasteiger partial charge is 0.246 e. The Morgan fingerprint density at radius 3 is 2.77 bits per heavy atom. The van der Waals surface area contributed by atoms with Crippen LogP contribution in [0.4, 0.5) is 5.69 Å². The Labute approximate surface area is 132 Å². The normalized spacial score (nSPS) is 11.1. The van der Waals surface area contributed by atoms with Gasteiger partial charge in [0.05, 0.1) is 5.02 Å². The van der Waals surface area contributed by atoms with Crippen molar-refractivity contribution < 1.29 is 9.21 Å². The van der Waals surface area contributed by atoms with Crippen LogP contribution >= 0.6 is 11.6 Å². The number of carbonyl (C=O) groups excluding carboxylic acids is 1. The fraction of sp³-hybridized carbons (Fsp3) is 0.188. The largest absolute Gasteiger partial charge is 0.435 e. The van der Waals surface area contributed by atoms with E-state index >= 15 is 0 Å². The standard InChI is InChI=1S/C16H14ClN3O2/c1-9(2)15(21)19-11-4-6-14-13(7-11)20-16(22-14)12-5-3-10(17)8-18-12/h3-9H,1-2H3,(H,19,21). The summed E-state index contributed by atoms with van der Waals surface area (Å²) in [5, 5.41) is 3.39. The average molecular weight is 316 g/mol. The van der Waals surface area contributed by atoms with Crippen molar-refractivity contribution in [2.45, 2.75) is 13.8 Å². The van der Waals surface area contributed by atoms with Crippen LogP contribution in [0, 0.1) is 5.92 Å². The summed E-state index contributed by atoms with van der Waals surface area (Å²) in [6.07, 6.45) is 1.54. The Hall–Kier alpha value is -2.40. The van der Waals surface area contributed by atoms with Gasteiger partial charge in [-0.1, -0.05) is 25.4 Å². The van der Waals surface area contributed by atoms with Gasteiger partial charge in [0.1, 0.15) is 11.2 Å². The van der Waals surface area contributed by atoms with Crippen LogP contribution in [0.15, 0.2) is 40.9 Å².